The lowest BCUT2D eigenvalue weighted by Gasteiger charge is -2.34. The van der Waals surface area contributed by atoms with Crippen molar-refractivity contribution in [3.05, 3.63) is 42.0 Å². The van der Waals surface area contributed by atoms with E-state index in [0.717, 1.165) is 23.3 Å². The third kappa shape index (κ3) is 10.1. The van der Waals surface area contributed by atoms with Crippen molar-refractivity contribution in [3.63, 3.8) is 0 Å². The van der Waals surface area contributed by atoms with Crippen molar-refractivity contribution in [2.75, 3.05) is 13.2 Å². The van der Waals surface area contributed by atoms with Gasteiger partial charge >= 0.3 is 6.09 Å². The number of amides is 4. The van der Waals surface area contributed by atoms with E-state index in [4.69, 9.17) is 10.5 Å². The standard InChI is InChI=1S/C26H40N4O6/c1-7-10-17(3)28-23(33)22(19-12-9-11-18(8-2)15-19)30(13-14-31)24(34)20(16-21(27)32)29-25(35)36-26(4,5)6/h8-9,11-12,15,17,20,22,31H,2,7,10,13-14,16H2,1,3-6H3,(H2,27,32)(H,28,33)(H,29,35). The smallest absolute Gasteiger partial charge is 0.408 e. The minimum Gasteiger partial charge on any atom is -0.444 e. The highest BCUT2D eigenvalue weighted by Crippen LogP contribution is 2.25. The van der Waals surface area contributed by atoms with Gasteiger partial charge in [-0.3, -0.25) is 14.4 Å². The lowest BCUT2D eigenvalue weighted by atomic mass is 9.99. The van der Waals surface area contributed by atoms with Gasteiger partial charge in [-0.1, -0.05) is 44.2 Å². The van der Waals surface area contributed by atoms with Crippen molar-refractivity contribution in [2.45, 2.75) is 77.6 Å². The summed E-state index contributed by atoms with van der Waals surface area (Å²) < 4.78 is 5.23. The number of benzene rings is 1. The number of hydrogen-bond donors (Lipinski definition) is 4. The van der Waals surface area contributed by atoms with E-state index >= 15 is 0 Å². The van der Waals surface area contributed by atoms with Gasteiger partial charge in [0.25, 0.3) is 0 Å². The molecule has 1 aromatic rings. The number of nitrogens with two attached hydrogens (primary N) is 1. The van der Waals surface area contributed by atoms with Gasteiger partial charge in [-0.25, -0.2) is 4.79 Å². The first-order valence-corrected chi connectivity index (χ1v) is 12.0. The predicted molar refractivity (Wildman–Crippen MR) is 138 cm³/mol. The number of alkyl carbamates (subject to hydrolysis) is 1. The molecule has 0 spiro atoms. The average Bonchev–Trinajstić information content (AvgIpc) is 2.76. The molecule has 0 saturated carbocycles. The van der Waals surface area contributed by atoms with Crippen LogP contribution in [0, 0.1) is 0 Å². The van der Waals surface area contributed by atoms with Crippen LogP contribution in [0.25, 0.3) is 6.08 Å². The molecule has 0 bridgehead atoms. The molecule has 0 aliphatic heterocycles. The summed E-state index contributed by atoms with van der Waals surface area (Å²) in [5.41, 5.74) is 5.70. The van der Waals surface area contributed by atoms with Crippen LogP contribution < -0.4 is 16.4 Å². The predicted octanol–water partition coefficient (Wildman–Crippen LogP) is 2.27. The summed E-state index contributed by atoms with van der Waals surface area (Å²) in [6.07, 6.45) is 1.74. The SMILES string of the molecule is C=Cc1cccc(C(C(=O)NC(C)CCC)N(CCO)C(=O)C(CC(N)=O)NC(=O)OC(C)(C)C)c1. The lowest BCUT2D eigenvalue weighted by molar-refractivity contribution is -0.144. The van der Waals surface area contributed by atoms with Crippen molar-refractivity contribution in [3.8, 4) is 0 Å². The molecule has 5 N–H and O–H groups in total. The molecule has 1 aromatic carbocycles. The largest absolute Gasteiger partial charge is 0.444 e. The molecule has 10 heteroatoms. The van der Waals surface area contributed by atoms with E-state index in [1.54, 1.807) is 51.1 Å². The molecule has 3 unspecified atom stereocenters. The van der Waals surface area contributed by atoms with E-state index in [1.807, 2.05) is 13.8 Å². The zero-order valence-corrected chi connectivity index (χ0v) is 21.9. The summed E-state index contributed by atoms with van der Waals surface area (Å²) in [6.45, 7) is 11.9. The Kier molecular flexibility index (Phi) is 12.1. The van der Waals surface area contributed by atoms with E-state index in [0.29, 0.717) is 5.56 Å². The minimum absolute atomic E-state index is 0.167. The van der Waals surface area contributed by atoms with Crippen LogP contribution in [0.2, 0.25) is 0 Å². The van der Waals surface area contributed by atoms with E-state index in [2.05, 4.69) is 17.2 Å². The maximum absolute atomic E-state index is 13.7. The van der Waals surface area contributed by atoms with Crippen LogP contribution in [0.4, 0.5) is 4.79 Å². The minimum atomic E-state index is -1.41. The maximum Gasteiger partial charge on any atom is 0.408 e. The second-order valence-corrected chi connectivity index (χ2v) is 9.60. The van der Waals surface area contributed by atoms with Gasteiger partial charge in [0, 0.05) is 12.6 Å². The molecule has 0 heterocycles. The van der Waals surface area contributed by atoms with Crippen molar-refractivity contribution >= 4 is 29.9 Å². The summed E-state index contributed by atoms with van der Waals surface area (Å²) in [6, 6.07) is 4.19. The van der Waals surface area contributed by atoms with E-state index < -0.39 is 54.5 Å². The van der Waals surface area contributed by atoms with Crippen LogP contribution >= 0.6 is 0 Å². The van der Waals surface area contributed by atoms with Crippen LogP contribution in [0.1, 0.15) is 71.0 Å². The Labute approximate surface area is 213 Å². The van der Waals surface area contributed by atoms with Crippen LogP contribution in [0.3, 0.4) is 0 Å². The van der Waals surface area contributed by atoms with Crippen LogP contribution in [0.5, 0.6) is 0 Å². The fourth-order valence-corrected chi connectivity index (χ4v) is 3.68. The Bertz CT molecular complexity index is 927. The fraction of sp³-hybridized carbons (Fsp3) is 0.538. The van der Waals surface area contributed by atoms with E-state index in [-0.39, 0.29) is 12.6 Å². The number of nitrogens with one attached hydrogen (secondary N) is 2. The quantitative estimate of drug-likeness (QED) is 0.323. The molecule has 36 heavy (non-hydrogen) atoms. The number of carbonyl (C=O) groups is 4. The molecular weight excluding hydrogens is 464 g/mol. The second kappa shape index (κ2) is 14.2. The number of aliphatic hydroxyl groups is 1. The van der Waals surface area contributed by atoms with Gasteiger partial charge in [-0.05, 0) is 51.3 Å². The van der Waals surface area contributed by atoms with E-state index in [1.165, 1.54) is 0 Å². The topological polar surface area (TPSA) is 151 Å². The molecule has 3 atom stereocenters. The number of aliphatic hydroxyl groups excluding tert-OH is 1. The molecule has 0 aliphatic carbocycles. The highest BCUT2D eigenvalue weighted by molar-refractivity contribution is 5.94. The summed E-state index contributed by atoms with van der Waals surface area (Å²) in [7, 11) is 0. The van der Waals surface area contributed by atoms with Gasteiger partial charge in [-0.2, -0.15) is 0 Å². The number of rotatable bonds is 13. The second-order valence-electron chi connectivity index (χ2n) is 9.60. The average molecular weight is 505 g/mol. The Balaban J connectivity index is 3.49. The van der Waals surface area contributed by atoms with Gasteiger partial charge in [0.15, 0.2) is 0 Å². The van der Waals surface area contributed by atoms with Crippen molar-refractivity contribution in [1.82, 2.24) is 15.5 Å². The molecule has 0 radical (unpaired) electrons. The summed E-state index contributed by atoms with van der Waals surface area (Å²) in [4.78, 5) is 52.5. The zero-order valence-electron chi connectivity index (χ0n) is 21.9. The first kappa shape index (κ1) is 30.6. The number of primary amides is 1. The first-order chi connectivity index (χ1) is 16.8. The van der Waals surface area contributed by atoms with Gasteiger partial charge < -0.3 is 31.1 Å². The number of carbonyl (C=O) groups excluding carboxylic acids is 4. The number of nitrogens with zero attached hydrogens (tertiary/aromatic N) is 1. The summed E-state index contributed by atoms with van der Waals surface area (Å²) >= 11 is 0. The molecular formula is C26H40N4O6. The van der Waals surface area contributed by atoms with Crippen LogP contribution in [-0.2, 0) is 19.1 Å². The van der Waals surface area contributed by atoms with Crippen LogP contribution in [0.15, 0.2) is 30.8 Å². The van der Waals surface area contributed by atoms with Crippen molar-refractivity contribution in [1.29, 1.82) is 0 Å². The van der Waals surface area contributed by atoms with Crippen molar-refractivity contribution in [2.24, 2.45) is 5.73 Å². The van der Waals surface area contributed by atoms with Crippen molar-refractivity contribution < 1.29 is 29.0 Å². The maximum atomic E-state index is 13.7. The molecule has 4 amide bonds. The number of hydrogen-bond acceptors (Lipinski definition) is 6. The first-order valence-electron chi connectivity index (χ1n) is 12.0. The highest BCUT2D eigenvalue weighted by atomic mass is 16.6. The Morgan fingerprint density at radius 2 is 1.89 bits per heavy atom. The van der Waals surface area contributed by atoms with E-state index in [9.17, 15) is 24.3 Å². The lowest BCUT2D eigenvalue weighted by Crippen LogP contribution is -2.55. The summed E-state index contributed by atoms with van der Waals surface area (Å²) in [5, 5.41) is 15.1. The van der Waals surface area contributed by atoms with Gasteiger partial charge in [-0.15, -0.1) is 0 Å². The number of ether oxygens (including phenoxy) is 1. The van der Waals surface area contributed by atoms with Gasteiger partial charge in [0.1, 0.15) is 17.7 Å². The highest BCUT2D eigenvalue weighted by Gasteiger charge is 2.37. The molecule has 200 valence electrons. The third-order valence-corrected chi connectivity index (χ3v) is 5.15. The molecule has 0 fully saturated rings. The third-order valence-electron chi connectivity index (χ3n) is 5.15. The normalized spacial score (nSPS) is 13.6. The Hall–Kier alpha value is -3.40. The molecule has 0 aliphatic rings. The fourth-order valence-electron chi connectivity index (χ4n) is 3.68. The zero-order chi connectivity index (χ0) is 27.5. The molecule has 1 rings (SSSR count). The monoisotopic (exact) mass is 504 g/mol. The van der Waals surface area contributed by atoms with Gasteiger partial charge in [0.2, 0.25) is 17.7 Å². The summed E-state index contributed by atoms with van der Waals surface area (Å²) in [5.74, 6) is -2.06. The van der Waals surface area contributed by atoms with Gasteiger partial charge in [0.05, 0.1) is 13.0 Å². The Morgan fingerprint density at radius 3 is 2.42 bits per heavy atom. The van der Waals surface area contributed by atoms with Crippen LogP contribution in [-0.4, -0.2) is 64.7 Å². The Morgan fingerprint density at radius 1 is 1.22 bits per heavy atom. The molecule has 10 nitrogen and oxygen atoms in total. The molecule has 0 saturated heterocycles. The molecule has 0 aromatic heterocycles.